The van der Waals surface area contributed by atoms with Crippen LogP contribution in [0.2, 0.25) is 0 Å². The topological polar surface area (TPSA) is 41.6 Å². The third-order valence-electron chi connectivity index (χ3n) is 3.12. The fourth-order valence-corrected chi connectivity index (χ4v) is 2.13. The average molecular weight is 266 g/mol. The van der Waals surface area contributed by atoms with Crippen molar-refractivity contribution in [3.8, 4) is 5.75 Å². The van der Waals surface area contributed by atoms with Crippen molar-refractivity contribution in [1.82, 2.24) is 10.2 Å². The average Bonchev–Trinajstić information content (AvgIpc) is 2.43. The zero-order valence-corrected chi connectivity index (χ0v) is 11.1. The highest BCUT2D eigenvalue weighted by Crippen LogP contribution is 2.19. The van der Waals surface area contributed by atoms with E-state index >= 15 is 0 Å². The molecule has 0 atom stereocenters. The third kappa shape index (κ3) is 3.67. The lowest BCUT2D eigenvalue weighted by Gasteiger charge is -2.27. The first-order chi connectivity index (χ1) is 9.20. The van der Waals surface area contributed by atoms with Gasteiger partial charge in [0.1, 0.15) is 0 Å². The molecule has 0 bridgehead atoms. The molecule has 0 aliphatic carbocycles. The molecule has 1 saturated heterocycles. The molecular weight excluding hydrogens is 247 g/mol. The Morgan fingerprint density at radius 2 is 2.16 bits per heavy atom. The summed E-state index contributed by atoms with van der Waals surface area (Å²) in [5.41, 5.74) is 0.685. The quantitative estimate of drug-likeness (QED) is 0.890. The van der Waals surface area contributed by atoms with Crippen LogP contribution in [-0.4, -0.2) is 43.6 Å². The van der Waals surface area contributed by atoms with E-state index in [1.807, 2.05) is 4.90 Å². The standard InChI is InChI=1S/C14H19FN2O2/c1-2-19-13-4-3-11(9-12(13)15)10-14(18)17-7-5-16-6-8-17/h3-4,9,16H,2,5-8,10H2,1H3. The van der Waals surface area contributed by atoms with Crippen molar-refractivity contribution in [2.45, 2.75) is 13.3 Å². The normalized spacial score (nSPS) is 15.4. The number of carbonyl (C=O) groups is 1. The van der Waals surface area contributed by atoms with E-state index in [1.54, 1.807) is 19.1 Å². The molecule has 1 aliphatic heterocycles. The highest BCUT2D eigenvalue weighted by molar-refractivity contribution is 5.79. The monoisotopic (exact) mass is 266 g/mol. The first-order valence-corrected chi connectivity index (χ1v) is 6.60. The molecule has 2 rings (SSSR count). The summed E-state index contributed by atoms with van der Waals surface area (Å²) in [4.78, 5) is 13.8. The molecule has 1 fully saturated rings. The van der Waals surface area contributed by atoms with Gasteiger partial charge in [0.15, 0.2) is 11.6 Å². The molecule has 0 saturated carbocycles. The van der Waals surface area contributed by atoms with Crippen molar-refractivity contribution in [2.75, 3.05) is 32.8 Å². The van der Waals surface area contributed by atoms with Crippen molar-refractivity contribution < 1.29 is 13.9 Å². The van der Waals surface area contributed by atoms with Gasteiger partial charge in [0.2, 0.25) is 5.91 Å². The molecule has 0 spiro atoms. The Morgan fingerprint density at radius 1 is 1.42 bits per heavy atom. The summed E-state index contributed by atoms with van der Waals surface area (Å²) in [6, 6.07) is 4.71. The van der Waals surface area contributed by atoms with Gasteiger partial charge in [0.25, 0.3) is 0 Å². The van der Waals surface area contributed by atoms with Crippen LogP contribution in [0.5, 0.6) is 5.75 Å². The van der Waals surface area contributed by atoms with E-state index in [4.69, 9.17) is 4.74 Å². The summed E-state index contributed by atoms with van der Waals surface area (Å²) in [6.45, 7) is 5.32. The van der Waals surface area contributed by atoms with E-state index in [0.29, 0.717) is 12.2 Å². The Bertz CT molecular complexity index is 445. The van der Waals surface area contributed by atoms with Crippen LogP contribution in [-0.2, 0) is 11.2 Å². The zero-order valence-electron chi connectivity index (χ0n) is 11.1. The maximum absolute atomic E-state index is 13.7. The number of nitrogens with zero attached hydrogens (tertiary/aromatic N) is 1. The van der Waals surface area contributed by atoms with Gasteiger partial charge in [-0.25, -0.2) is 4.39 Å². The Kier molecular flexibility index (Phi) is 4.74. The molecule has 4 nitrogen and oxygen atoms in total. The van der Waals surface area contributed by atoms with Gasteiger partial charge in [-0.2, -0.15) is 0 Å². The lowest BCUT2D eigenvalue weighted by molar-refractivity contribution is -0.131. The van der Waals surface area contributed by atoms with Crippen molar-refractivity contribution >= 4 is 5.91 Å². The summed E-state index contributed by atoms with van der Waals surface area (Å²) in [6.07, 6.45) is 0.239. The fourth-order valence-electron chi connectivity index (χ4n) is 2.13. The third-order valence-corrected chi connectivity index (χ3v) is 3.12. The van der Waals surface area contributed by atoms with E-state index in [2.05, 4.69) is 5.32 Å². The maximum Gasteiger partial charge on any atom is 0.227 e. The first kappa shape index (κ1) is 13.8. The second-order valence-corrected chi connectivity index (χ2v) is 4.51. The molecular formula is C14H19FN2O2. The second-order valence-electron chi connectivity index (χ2n) is 4.51. The number of hydrogen-bond acceptors (Lipinski definition) is 3. The van der Waals surface area contributed by atoms with Crippen LogP contribution in [0.3, 0.4) is 0 Å². The van der Waals surface area contributed by atoms with Gasteiger partial charge in [0.05, 0.1) is 13.0 Å². The Labute approximate surface area is 112 Å². The number of nitrogens with one attached hydrogen (secondary N) is 1. The minimum atomic E-state index is -0.410. The van der Waals surface area contributed by atoms with E-state index < -0.39 is 5.82 Å². The molecule has 1 aliphatic rings. The molecule has 0 aromatic heterocycles. The highest BCUT2D eigenvalue weighted by Gasteiger charge is 2.17. The van der Waals surface area contributed by atoms with Crippen LogP contribution in [0.1, 0.15) is 12.5 Å². The van der Waals surface area contributed by atoms with Gasteiger partial charge in [-0.1, -0.05) is 6.07 Å². The van der Waals surface area contributed by atoms with Crippen molar-refractivity contribution in [2.24, 2.45) is 0 Å². The van der Waals surface area contributed by atoms with E-state index in [-0.39, 0.29) is 18.1 Å². The number of ether oxygens (including phenoxy) is 1. The van der Waals surface area contributed by atoms with Gasteiger partial charge in [-0.05, 0) is 24.6 Å². The van der Waals surface area contributed by atoms with Crippen LogP contribution >= 0.6 is 0 Å². The lowest BCUT2D eigenvalue weighted by atomic mass is 10.1. The molecule has 104 valence electrons. The minimum Gasteiger partial charge on any atom is -0.491 e. The summed E-state index contributed by atoms with van der Waals surface area (Å²) in [5.74, 6) is -0.126. The summed E-state index contributed by atoms with van der Waals surface area (Å²) in [7, 11) is 0. The molecule has 1 heterocycles. The van der Waals surface area contributed by atoms with Crippen molar-refractivity contribution in [3.05, 3.63) is 29.6 Å². The molecule has 19 heavy (non-hydrogen) atoms. The minimum absolute atomic E-state index is 0.0464. The maximum atomic E-state index is 13.7. The molecule has 5 heteroatoms. The number of halogens is 1. The second kappa shape index (κ2) is 6.52. The largest absolute Gasteiger partial charge is 0.491 e. The number of carbonyl (C=O) groups excluding carboxylic acids is 1. The smallest absolute Gasteiger partial charge is 0.227 e. The van der Waals surface area contributed by atoms with Crippen LogP contribution in [0.15, 0.2) is 18.2 Å². The number of benzene rings is 1. The van der Waals surface area contributed by atoms with Gasteiger partial charge in [-0.15, -0.1) is 0 Å². The number of piperazine rings is 1. The molecule has 1 amide bonds. The number of hydrogen-bond donors (Lipinski definition) is 1. The van der Waals surface area contributed by atoms with Crippen LogP contribution in [0.25, 0.3) is 0 Å². The van der Waals surface area contributed by atoms with E-state index in [9.17, 15) is 9.18 Å². The van der Waals surface area contributed by atoms with Gasteiger partial charge in [0, 0.05) is 26.2 Å². The number of amides is 1. The highest BCUT2D eigenvalue weighted by atomic mass is 19.1. The fraction of sp³-hybridized carbons (Fsp3) is 0.500. The van der Waals surface area contributed by atoms with E-state index in [1.165, 1.54) is 6.07 Å². The number of rotatable bonds is 4. The predicted molar refractivity (Wildman–Crippen MR) is 70.7 cm³/mol. The van der Waals surface area contributed by atoms with Gasteiger partial charge >= 0.3 is 0 Å². The van der Waals surface area contributed by atoms with Crippen molar-refractivity contribution in [3.63, 3.8) is 0 Å². The molecule has 1 aromatic rings. The summed E-state index contributed by atoms with van der Waals surface area (Å²) >= 11 is 0. The molecule has 0 radical (unpaired) electrons. The SMILES string of the molecule is CCOc1ccc(CC(=O)N2CCNCC2)cc1F. The van der Waals surface area contributed by atoms with Crippen molar-refractivity contribution in [1.29, 1.82) is 0 Å². The van der Waals surface area contributed by atoms with Crippen LogP contribution in [0.4, 0.5) is 4.39 Å². The Morgan fingerprint density at radius 3 is 2.79 bits per heavy atom. The van der Waals surface area contributed by atoms with Crippen LogP contribution in [0, 0.1) is 5.82 Å². The van der Waals surface area contributed by atoms with Gasteiger partial charge in [-0.3, -0.25) is 4.79 Å². The zero-order chi connectivity index (χ0) is 13.7. The molecule has 0 unspecified atom stereocenters. The van der Waals surface area contributed by atoms with E-state index in [0.717, 1.165) is 26.2 Å². The molecule has 1 N–H and O–H groups in total. The lowest BCUT2D eigenvalue weighted by Crippen LogP contribution is -2.46. The first-order valence-electron chi connectivity index (χ1n) is 6.60. The van der Waals surface area contributed by atoms with Crippen LogP contribution < -0.4 is 10.1 Å². The molecule has 1 aromatic carbocycles. The Hall–Kier alpha value is -1.62. The summed E-state index contributed by atoms with van der Waals surface area (Å²) < 4.78 is 18.8. The predicted octanol–water partition coefficient (Wildman–Crippen LogP) is 1.20. The Balaban J connectivity index is 1.98. The summed E-state index contributed by atoms with van der Waals surface area (Å²) in [5, 5.41) is 3.19. The van der Waals surface area contributed by atoms with Gasteiger partial charge < -0.3 is 15.0 Å².